The Kier molecular flexibility index (Phi) is 4.61. The fourth-order valence-corrected chi connectivity index (χ4v) is 2.28. The molecule has 0 atom stereocenters. The van der Waals surface area contributed by atoms with Crippen molar-refractivity contribution in [1.82, 2.24) is 0 Å². The van der Waals surface area contributed by atoms with Crippen molar-refractivity contribution in [2.75, 3.05) is 7.11 Å². The second-order valence-electron chi connectivity index (χ2n) is 4.20. The summed E-state index contributed by atoms with van der Waals surface area (Å²) < 4.78 is 19.4. The minimum absolute atomic E-state index is 0.0223. The lowest BCUT2D eigenvalue weighted by atomic mass is 10.0. The lowest BCUT2D eigenvalue weighted by Crippen LogP contribution is -1.89. The molecule has 3 nitrogen and oxygen atoms in total. The molecule has 21 heavy (non-hydrogen) atoms. The van der Waals surface area contributed by atoms with Gasteiger partial charge in [0.15, 0.2) is 11.5 Å². The van der Waals surface area contributed by atoms with Gasteiger partial charge in [-0.2, -0.15) is 5.26 Å². The number of halogens is 2. The predicted molar refractivity (Wildman–Crippen MR) is 82.2 cm³/mol. The molecule has 2 aromatic carbocycles. The van der Waals surface area contributed by atoms with Crippen LogP contribution in [0.15, 0.2) is 40.9 Å². The van der Waals surface area contributed by atoms with Crippen LogP contribution in [-0.4, -0.2) is 12.2 Å². The summed E-state index contributed by atoms with van der Waals surface area (Å²) in [4.78, 5) is 0. The molecule has 0 saturated carbocycles. The van der Waals surface area contributed by atoms with Gasteiger partial charge in [0, 0.05) is 10.0 Å². The minimum Gasteiger partial charge on any atom is -0.504 e. The van der Waals surface area contributed by atoms with Gasteiger partial charge in [0.2, 0.25) is 0 Å². The molecular formula is C16H11BrFNO2. The van der Waals surface area contributed by atoms with Gasteiger partial charge in [-0.05, 0) is 29.8 Å². The molecule has 0 spiro atoms. The molecule has 0 fully saturated rings. The SMILES string of the molecule is COc1cc(/C=C(/C#N)c2ccccc2F)c(Br)cc1O. The van der Waals surface area contributed by atoms with Crippen molar-refractivity contribution in [3.05, 3.63) is 57.8 Å². The summed E-state index contributed by atoms with van der Waals surface area (Å²) in [6.07, 6.45) is 1.53. The van der Waals surface area contributed by atoms with Gasteiger partial charge < -0.3 is 9.84 Å². The number of phenols is 1. The van der Waals surface area contributed by atoms with Crippen LogP contribution in [0, 0.1) is 17.1 Å². The lowest BCUT2D eigenvalue weighted by Gasteiger charge is -2.07. The first-order chi connectivity index (χ1) is 10.1. The molecule has 0 amide bonds. The molecule has 2 aromatic rings. The highest BCUT2D eigenvalue weighted by Gasteiger charge is 2.10. The van der Waals surface area contributed by atoms with E-state index in [2.05, 4.69) is 15.9 Å². The van der Waals surface area contributed by atoms with Crippen LogP contribution in [0.5, 0.6) is 11.5 Å². The fraction of sp³-hybridized carbons (Fsp3) is 0.0625. The van der Waals surface area contributed by atoms with E-state index in [-0.39, 0.29) is 22.6 Å². The number of nitrogens with zero attached hydrogens (tertiary/aromatic N) is 1. The predicted octanol–water partition coefficient (Wildman–Crippen LogP) is 4.37. The summed E-state index contributed by atoms with van der Waals surface area (Å²) >= 11 is 3.30. The molecule has 0 bridgehead atoms. The zero-order valence-corrected chi connectivity index (χ0v) is 12.7. The van der Waals surface area contributed by atoms with Crippen molar-refractivity contribution in [3.63, 3.8) is 0 Å². The molecule has 0 unspecified atom stereocenters. The molecular weight excluding hydrogens is 337 g/mol. The zero-order chi connectivity index (χ0) is 15.4. The Labute approximate surface area is 130 Å². The molecule has 1 N–H and O–H groups in total. The Hall–Kier alpha value is -2.32. The Bertz CT molecular complexity index is 750. The molecule has 5 heteroatoms. The first-order valence-corrected chi connectivity index (χ1v) is 6.79. The number of allylic oxidation sites excluding steroid dienone is 1. The Balaban J connectivity index is 2.56. The monoisotopic (exact) mass is 347 g/mol. The Morgan fingerprint density at radius 1 is 1.38 bits per heavy atom. The van der Waals surface area contributed by atoms with Gasteiger partial charge in [-0.3, -0.25) is 0 Å². The fourth-order valence-electron chi connectivity index (χ4n) is 1.84. The zero-order valence-electron chi connectivity index (χ0n) is 11.1. The van der Waals surface area contributed by atoms with E-state index in [1.54, 1.807) is 18.2 Å². The standard InChI is InChI=1S/C16H11BrFNO2/c1-21-16-7-10(13(17)8-15(16)20)6-11(9-19)12-4-2-3-5-14(12)18/h2-8,20H,1H3/b11-6-. The third-order valence-corrected chi connectivity index (χ3v) is 3.57. The molecule has 0 heterocycles. The van der Waals surface area contributed by atoms with Gasteiger partial charge >= 0.3 is 0 Å². The summed E-state index contributed by atoms with van der Waals surface area (Å²) in [6.45, 7) is 0. The smallest absolute Gasteiger partial charge is 0.161 e. The highest BCUT2D eigenvalue weighted by Crippen LogP contribution is 2.34. The molecule has 0 saturated heterocycles. The van der Waals surface area contributed by atoms with Crippen LogP contribution in [0.3, 0.4) is 0 Å². The first kappa shape index (κ1) is 15.1. The van der Waals surface area contributed by atoms with Gasteiger partial charge in [0.1, 0.15) is 5.82 Å². The number of aromatic hydroxyl groups is 1. The van der Waals surface area contributed by atoms with E-state index in [0.717, 1.165) is 0 Å². The molecule has 0 radical (unpaired) electrons. The Morgan fingerprint density at radius 3 is 2.71 bits per heavy atom. The van der Waals surface area contributed by atoms with Crippen LogP contribution in [0.2, 0.25) is 0 Å². The minimum atomic E-state index is -0.466. The van der Waals surface area contributed by atoms with Gasteiger partial charge in [-0.1, -0.05) is 34.1 Å². The van der Waals surface area contributed by atoms with Crippen molar-refractivity contribution in [2.45, 2.75) is 0 Å². The molecule has 0 aromatic heterocycles. The number of ether oxygens (including phenoxy) is 1. The van der Waals surface area contributed by atoms with Crippen LogP contribution in [0.1, 0.15) is 11.1 Å². The number of hydrogen-bond donors (Lipinski definition) is 1. The maximum atomic E-state index is 13.8. The van der Waals surface area contributed by atoms with E-state index >= 15 is 0 Å². The third-order valence-electron chi connectivity index (χ3n) is 2.88. The van der Waals surface area contributed by atoms with Gasteiger partial charge in [0.25, 0.3) is 0 Å². The van der Waals surface area contributed by atoms with Gasteiger partial charge in [-0.25, -0.2) is 4.39 Å². The number of methoxy groups -OCH3 is 1. The van der Waals surface area contributed by atoms with Crippen molar-refractivity contribution in [3.8, 4) is 17.6 Å². The van der Waals surface area contributed by atoms with Crippen LogP contribution in [0.25, 0.3) is 11.6 Å². The molecule has 0 aliphatic heterocycles. The van der Waals surface area contributed by atoms with Crippen LogP contribution < -0.4 is 4.74 Å². The topological polar surface area (TPSA) is 53.2 Å². The number of phenolic OH excluding ortho intramolecular Hbond substituents is 1. The number of nitriles is 1. The van der Waals surface area contributed by atoms with Crippen LogP contribution in [0.4, 0.5) is 4.39 Å². The second kappa shape index (κ2) is 6.42. The quantitative estimate of drug-likeness (QED) is 0.662. The molecule has 0 aliphatic carbocycles. The van der Waals surface area contributed by atoms with Gasteiger partial charge in [-0.15, -0.1) is 0 Å². The maximum absolute atomic E-state index is 13.8. The third kappa shape index (κ3) is 3.23. The lowest BCUT2D eigenvalue weighted by molar-refractivity contribution is 0.373. The molecule has 0 aliphatic rings. The van der Waals surface area contributed by atoms with Crippen LogP contribution in [-0.2, 0) is 0 Å². The van der Waals surface area contributed by atoms with E-state index in [9.17, 15) is 14.8 Å². The average molecular weight is 348 g/mol. The number of benzene rings is 2. The van der Waals surface area contributed by atoms with Crippen molar-refractivity contribution >= 4 is 27.6 Å². The van der Waals surface area contributed by atoms with Crippen LogP contribution >= 0.6 is 15.9 Å². The summed E-state index contributed by atoms with van der Waals surface area (Å²) in [7, 11) is 1.43. The summed E-state index contributed by atoms with van der Waals surface area (Å²) in [5.41, 5.74) is 1.00. The second-order valence-corrected chi connectivity index (χ2v) is 5.05. The van der Waals surface area contributed by atoms with E-state index in [1.807, 2.05) is 6.07 Å². The number of hydrogen-bond acceptors (Lipinski definition) is 3. The highest BCUT2D eigenvalue weighted by molar-refractivity contribution is 9.10. The van der Waals surface area contributed by atoms with E-state index in [4.69, 9.17) is 4.74 Å². The summed E-state index contributed by atoms with van der Waals surface area (Å²) in [5, 5.41) is 18.9. The first-order valence-electron chi connectivity index (χ1n) is 6.00. The summed E-state index contributed by atoms with van der Waals surface area (Å²) in [6, 6.07) is 11.1. The van der Waals surface area contributed by atoms with E-state index < -0.39 is 5.82 Å². The molecule has 2 rings (SSSR count). The maximum Gasteiger partial charge on any atom is 0.161 e. The van der Waals surface area contributed by atoms with Gasteiger partial charge in [0.05, 0.1) is 18.8 Å². The van der Waals surface area contributed by atoms with E-state index in [0.29, 0.717) is 10.0 Å². The number of rotatable bonds is 3. The average Bonchev–Trinajstić information content (AvgIpc) is 2.47. The van der Waals surface area contributed by atoms with E-state index in [1.165, 1.54) is 31.4 Å². The Morgan fingerprint density at radius 2 is 2.10 bits per heavy atom. The summed E-state index contributed by atoms with van der Waals surface area (Å²) in [5.74, 6) is -0.214. The largest absolute Gasteiger partial charge is 0.504 e. The molecule has 106 valence electrons. The van der Waals surface area contributed by atoms with Crippen molar-refractivity contribution in [1.29, 1.82) is 5.26 Å². The normalized spacial score (nSPS) is 11.0. The highest BCUT2D eigenvalue weighted by atomic mass is 79.9. The van der Waals surface area contributed by atoms with Crippen molar-refractivity contribution in [2.24, 2.45) is 0 Å². The van der Waals surface area contributed by atoms with Crippen molar-refractivity contribution < 1.29 is 14.2 Å².